The van der Waals surface area contributed by atoms with Gasteiger partial charge in [-0.1, -0.05) is 84.9 Å². The Hall–Kier alpha value is -6.30. The Labute approximate surface area is 355 Å². The van der Waals surface area contributed by atoms with Crippen LogP contribution in [0.2, 0.25) is 0 Å². The van der Waals surface area contributed by atoms with Gasteiger partial charge in [-0.3, -0.25) is 0 Å². The fourth-order valence-electron chi connectivity index (χ4n) is 8.25. The topological polar surface area (TPSA) is 120 Å². The summed E-state index contributed by atoms with van der Waals surface area (Å²) in [4.78, 5) is 27.2. The van der Waals surface area contributed by atoms with Gasteiger partial charge < -0.3 is 43.2 Å². The van der Waals surface area contributed by atoms with Crippen molar-refractivity contribution < 1.29 is 47.5 Å². The number of esters is 1. The number of carbonyl (C=O) groups excluding carboxylic acids is 2. The monoisotopic (exact) mass is 825 g/mol. The molecule has 11 nitrogen and oxygen atoms in total. The number of benzene rings is 6. The molecular formula is C50H51NO10. The highest BCUT2D eigenvalue weighted by Crippen LogP contribution is 2.47. The van der Waals surface area contributed by atoms with Crippen LogP contribution in [-0.2, 0) is 36.6 Å². The van der Waals surface area contributed by atoms with Gasteiger partial charge in [0.2, 0.25) is 0 Å². The summed E-state index contributed by atoms with van der Waals surface area (Å²) in [6.45, 7) is 7.59. The van der Waals surface area contributed by atoms with Crippen LogP contribution in [0.15, 0.2) is 109 Å². The minimum absolute atomic E-state index is 0.103. The molecule has 0 saturated carbocycles. The van der Waals surface area contributed by atoms with Gasteiger partial charge in [-0.15, -0.1) is 0 Å². The number of amides is 1. The molecule has 0 atom stereocenters. The van der Waals surface area contributed by atoms with Crippen molar-refractivity contribution in [3.63, 3.8) is 0 Å². The molecule has 6 aromatic carbocycles. The van der Waals surface area contributed by atoms with E-state index in [0.717, 1.165) is 66.4 Å². The van der Waals surface area contributed by atoms with Crippen molar-refractivity contribution in [2.75, 3.05) is 60.0 Å². The van der Waals surface area contributed by atoms with Gasteiger partial charge in [0.25, 0.3) is 0 Å². The number of alkyl carbamates (subject to hydrolysis) is 1. The maximum Gasteiger partial charge on any atom is 0.408 e. The summed E-state index contributed by atoms with van der Waals surface area (Å²) in [5.74, 6) is 2.00. The van der Waals surface area contributed by atoms with Crippen molar-refractivity contribution in [1.29, 1.82) is 0 Å². The van der Waals surface area contributed by atoms with Gasteiger partial charge >= 0.3 is 12.1 Å². The first-order chi connectivity index (χ1) is 29.6. The summed E-state index contributed by atoms with van der Waals surface area (Å²) < 4.78 is 49.2. The summed E-state index contributed by atoms with van der Waals surface area (Å²) in [5, 5.41) is 7.18. The molecule has 61 heavy (non-hydrogen) atoms. The molecule has 1 aliphatic heterocycles. The quantitative estimate of drug-likeness (QED) is 0.169. The molecule has 0 spiro atoms. The number of fused-ring (bicyclic) bond motifs is 7. The molecule has 1 amide bonds. The maximum atomic E-state index is 13.8. The first kappa shape index (κ1) is 41.4. The van der Waals surface area contributed by atoms with E-state index < -0.39 is 23.2 Å². The summed E-state index contributed by atoms with van der Waals surface area (Å²) in [6, 6.07) is 36.1. The Morgan fingerprint density at radius 2 is 0.951 bits per heavy atom. The third-order valence-electron chi connectivity index (χ3n) is 10.7. The molecule has 8 rings (SSSR count). The average Bonchev–Trinajstić information content (AvgIpc) is 3.39. The van der Waals surface area contributed by atoms with Crippen molar-refractivity contribution in [3.8, 4) is 45.3 Å². The van der Waals surface area contributed by atoms with Crippen LogP contribution < -0.4 is 24.3 Å². The zero-order valence-electron chi connectivity index (χ0n) is 35.0. The number of methoxy groups -OCH3 is 1. The van der Waals surface area contributed by atoms with Crippen LogP contribution in [0.1, 0.15) is 31.9 Å². The second-order valence-corrected chi connectivity index (χ2v) is 16.1. The lowest BCUT2D eigenvalue weighted by Crippen LogP contribution is -2.58. The lowest BCUT2D eigenvalue weighted by molar-refractivity contribution is -0.148. The van der Waals surface area contributed by atoms with Gasteiger partial charge in [0.05, 0.1) is 33.5 Å². The van der Waals surface area contributed by atoms with Crippen molar-refractivity contribution in [1.82, 2.24) is 5.32 Å². The zero-order valence-corrected chi connectivity index (χ0v) is 35.0. The number of hydrogen-bond acceptors (Lipinski definition) is 10. The number of carbonyl (C=O) groups is 2. The lowest BCUT2D eigenvalue weighted by atomic mass is 9.86. The Morgan fingerprint density at radius 3 is 1.38 bits per heavy atom. The molecule has 1 N–H and O–H groups in total. The smallest absolute Gasteiger partial charge is 0.408 e. The van der Waals surface area contributed by atoms with E-state index in [1.165, 1.54) is 7.11 Å². The molecule has 6 aromatic rings. The van der Waals surface area contributed by atoms with Gasteiger partial charge in [-0.05, 0) is 77.7 Å². The molecule has 1 heterocycles. The molecule has 0 bridgehead atoms. The van der Waals surface area contributed by atoms with Crippen molar-refractivity contribution in [2.24, 2.45) is 0 Å². The van der Waals surface area contributed by atoms with Crippen LogP contribution in [0.4, 0.5) is 4.79 Å². The van der Waals surface area contributed by atoms with E-state index in [-0.39, 0.29) is 39.3 Å². The van der Waals surface area contributed by atoms with E-state index in [1.807, 2.05) is 72.8 Å². The summed E-state index contributed by atoms with van der Waals surface area (Å²) in [5.41, 5.74) is 2.62. The molecule has 2 aliphatic rings. The highest BCUT2D eigenvalue weighted by molar-refractivity contribution is 6.09. The van der Waals surface area contributed by atoms with E-state index >= 15 is 0 Å². The Kier molecular flexibility index (Phi) is 12.3. The molecular weight excluding hydrogens is 775 g/mol. The van der Waals surface area contributed by atoms with Crippen LogP contribution in [0.5, 0.6) is 23.0 Å². The predicted octanol–water partition coefficient (Wildman–Crippen LogP) is 9.12. The van der Waals surface area contributed by atoms with Gasteiger partial charge in [0.1, 0.15) is 60.6 Å². The predicted molar refractivity (Wildman–Crippen MR) is 234 cm³/mol. The van der Waals surface area contributed by atoms with Gasteiger partial charge in [-0.2, -0.15) is 0 Å². The van der Waals surface area contributed by atoms with Crippen molar-refractivity contribution >= 4 is 33.6 Å². The highest BCUT2D eigenvalue weighted by atomic mass is 16.6. The van der Waals surface area contributed by atoms with Crippen LogP contribution in [0.25, 0.3) is 43.8 Å². The maximum absolute atomic E-state index is 13.8. The summed E-state index contributed by atoms with van der Waals surface area (Å²) >= 11 is 0. The zero-order chi connectivity index (χ0) is 42.4. The minimum atomic E-state index is -1.50. The van der Waals surface area contributed by atoms with E-state index in [9.17, 15) is 9.59 Å². The number of rotatable bonds is 2. The van der Waals surface area contributed by atoms with Crippen LogP contribution in [-0.4, -0.2) is 83.2 Å². The molecule has 1 aliphatic carbocycles. The number of ether oxygens (including phenoxy) is 8. The molecule has 11 heteroatoms. The van der Waals surface area contributed by atoms with E-state index in [1.54, 1.807) is 20.8 Å². The average molecular weight is 826 g/mol. The van der Waals surface area contributed by atoms with Crippen molar-refractivity contribution in [2.45, 2.75) is 44.8 Å². The lowest BCUT2D eigenvalue weighted by Gasteiger charge is -2.32. The molecule has 316 valence electrons. The molecule has 0 unspecified atom stereocenters. The Balaban J connectivity index is 1.12. The van der Waals surface area contributed by atoms with Crippen molar-refractivity contribution in [3.05, 3.63) is 120 Å². The summed E-state index contributed by atoms with van der Waals surface area (Å²) in [7, 11) is 1.31. The SMILES string of the molecule is COC(=O)C1(NC(=O)OC(C)(C)C)Cc2cccc3c2-c2c(cccc2OCCOCCOc2ccc4ccccc4c2-c2c(ccc4ccccc24)OCCOCCO3)C1. The van der Waals surface area contributed by atoms with Gasteiger partial charge in [0, 0.05) is 35.1 Å². The number of nitrogens with one attached hydrogen (secondary N) is 1. The van der Waals surface area contributed by atoms with Crippen LogP contribution in [0, 0.1) is 0 Å². The third-order valence-corrected chi connectivity index (χ3v) is 10.7. The fourth-order valence-corrected chi connectivity index (χ4v) is 8.25. The number of hydrogen-bond donors (Lipinski definition) is 1. The second kappa shape index (κ2) is 18.1. The van der Waals surface area contributed by atoms with E-state index in [0.29, 0.717) is 37.9 Å². The second-order valence-electron chi connectivity index (χ2n) is 16.1. The van der Waals surface area contributed by atoms with Gasteiger partial charge in [-0.25, -0.2) is 9.59 Å². The first-order valence-electron chi connectivity index (χ1n) is 20.7. The largest absolute Gasteiger partial charge is 0.491 e. The summed E-state index contributed by atoms with van der Waals surface area (Å²) in [6.07, 6.45) is -0.521. The fraction of sp³-hybridized carbons (Fsp3) is 0.320. The standard InChI is InChI=1S/C50H51NO10/c1-49(2,3)61-48(53)51-50(47(52)54-4)31-35-13-9-17-39-43(35)44-36(32-50)14-10-18-40(44)58-28-24-56-26-30-60-42-22-20-34-12-6-8-16-38(34)46(42)45-37-15-7-5-11-33(37)19-21-41(45)59-29-25-55-23-27-57-39/h5-22H,23-32H2,1-4H3,(H,51,53). The van der Waals surface area contributed by atoms with Crippen LogP contribution >= 0.6 is 0 Å². The Bertz CT molecular complexity index is 2390. The first-order valence-corrected chi connectivity index (χ1v) is 20.7. The molecule has 0 radical (unpaired) electrons. The Morgan fingerprint density at radius 1 is 0.525 bits per heavy atom. The molecule has 0 aromatic heterocycles. The highest BCUT2D eigenvalue weighted by Gasteiger charge is 2.46. The van der Waals surface area contributed by atoms with E-state index in [4.69, 9.17) is 37.9 Å². The molecule has 0 fully saturated rings. The normalized spacial score (nSPS) is 15.9. The van der Waals surface area contributed by atoms with Crippen LogP contribution in [0.3, 0.4) is 0 Å². The van der Waals surface area contributed by atoms with Gasteiger partial charge in [0.15, 0.2) is 0 Å². The minimum Gasteiger partial charge on any atom is -0.491 e. The third kappa shape index (κ3) is 9.08. The van der Waals surface area contributed by atoms with E-state index in [2.05, 4.69) is 41.7 Å². The molecule has 0 saturated heterocycles.